The Hall–Kier alpha value is 0.480. The standard InChI is InChI=1S/C13H25Br/c1-2-3-4-5-6-7-8-9-13(12-14)10-11-13/h2-12H2,1H3. The van der Waals surface area contributed by atoms with Gasteiger partial charge in [-0.05, 0) is 24.7 Å². The van der Waals surface area contributed by atoms with E-state index >= 15 is 0 Å². The average molecular weight is 261 g/mol. The van der Waals surface area contributed by atoms with Gasteiger partial charge in [-0.25, -0.2) is 0 Å². The molecule has 1 heteroatoms. The SMILES string of the molecule is CCCCCCCCCC1(CBr)CC1. The molecule has 0 heterocycles. The van der Waals surface area contributed by atoms with E-state index in [1.807, 2.05) is 0 Å². The van der Waals surface area contributed by atoms with Crippen LogP contribution in [0.4, 0.5) is 0 Å². The van der Waals surface area contributed by atoms with Crippen LogP contribution in [-0.4, -0.2) is 5.33 Å². The summed E-state index contributed by atoms with van der Waals surface area (Å²) in [5, 5.41) is 1.25. The molecule has 0 bridgehead atoms. The first-order chi connectivity index (χ1) is 6.83. The topological polar surface area (TPSA) is 0 Å². The van der Waals surface area contributed by atoms with E-state index in [1.165, 1.54) is 69.5 Å². The molecule has 1 aliphatic rings. The molecule has 0 radical (unpaired) electrons. The van der Waals surface area contributed by atoms with Crippen molar-refractivity contribution in [3.63, 3.8) is 0 Å². The Morgan fingerprint density at radius 1 is 0.929 bits per heavy atom. The van der Waals surface area contributed by atoms with E-state index in [0.29, 0.717) is 0 Å². The van der Waals surface area contributed by atoms with Gasteiger partial charge in [-0.3, -0.25) is 0 Å². The third-order valence-corrected chi connectivity index (χ3v) is 4.74. The highest BCUT2D eigenvalue weighted by Crippen LogP contribution is 2.51. The highest BCUT2D eigenvalue weighted by atomic mass is 79.9. The van der Waals surface area contributed by atoms with Gasteiger partial charge in [0.05, 0.1) is 0 Å². The fourth-order valence-electron chi connectivity index (χ4n) is 2.08. The van der Waals surface area contributed by atoms with Gasteiger partial charge >= 0.3 is 0 Å². The molecule has 1 saturated carbocycles. The van der Waals surface area contributed by atoms with E-state index in [0.717, 1.165) is 5.41 Å². The highest BCUT2D eigenvalue weighted by molar-refractivity contribution is 9.09. The summed E-state index contributed by atoms with van der Waals surface area (Å²) in [7, 11) is 0. The molecular weight excluding hydrogens is 236 g/mol. The molecular formula is C13H25Br. The van der Waals surface area contributed by atoms with Gasteiger partial charge in [0, 0.05) is 5.33 Å². The Morgan fingerprint density at radius 3 is 2.00 bits per heavy atom. The Labute approximate surface area is 98.0 Å². The molecule has 0 aromatic rings. The molecule has 84 valence electrons. The van der Waals surface area contributed by atoms with Crippen LogP contribution < -0.4 is 0 Å². The van der Waals surface area contributed by atoms with Gasteiger partial charge in [-0.15, -0.1) is 0 Å². The van der Waals surface area contributed by atoms with E-state index < -0.39 is 0 Å². The minimum absolute atomic E-state index is 0.753. The smallest absolute Gasteiger partial charge is 0.00879 e. The van der Waals surface area contributed by atoms with E-state index in [4.69, 9.17) is 0 Å². The monoisotopic (exact) mass is 260 g/mol. The van der Waals surface area contributed by atoms with E-state index in [1.54, 1.807) is 0 Å². The molecule has 1 fully saturated rings. The van der Waals surface area contributed by atoms with E-state index in [2.05, 4.69) is 22.9 Å². The van der Waals surface area contributed by atoms with Gasteiger partial charge in [0.15, 0.2) is 0 Å². The summed E-state index contributed by atoms with van der Waals surface area (Å²) >= 11 is 3.64. The quantitative estimate of drug-likeness (QED) is 0.390. The van der Waals surface area contributed by atoms with Crippen LogP contribution >= 0.6 is 15.9 Å². The number of halogens is 1. The first-order valence-corrected chi connectivity index (χ1v) is 7.51. The molecule has 1 aliphatic carbocycles. The van der Waals surface area contributed by atoms with Gasteiger partial charge in [0.25, 0.3) is 0 Å². The highest BCUT2D eigenvalue weighted by Gasteiger charge is 2.40. The normalized spacial score (nSPS) is 18.4. The Kier molecular flexibility index (Phi) is 6.16. The van der Waals surface area contributed by atoms with Crippen molar-refractivity contribution in [2.24, 2.45) is 5.41 Å². The van der Waals surface area contributed by atoms with Crippen LogP contribution in [-0.2, 0) is 0 Å². The number of hydrogen-bond acceptors (Lipinski definition) is 0. The number of alkyl halides is 1. The van der Waals surface area contributed by atoms with Crippen LogP contribution in [0.25, 0.3) is 0 Å². The lowest BCUT2D eigenvalue weighted by Gasteiger charge is -2.10. The van der Waals surface area contributed by atoms with Crippen LogP contribution in [0, 0.1) is 5.41 Å². The lowest BCUT2D eigenvalue weighted by Crippen LogP contribution is -2.00. The second-order valence-electron chi connectivity index (χ2n) is 5.00. The second kappa shape index (κ2) is 6.87. The van der Waals surface area contributed by atoms with Crippen LogP contribution in [0.3, 0.4) is 0 Å². The first kappa shape index (κ1) is 12.5. The van der Waals surface area contributed by atoms with Crippen molar-refractivity contribution in [2.45, 2.75) is 71.1 Å². The predicted molar refractivity (Wildman–Crippen MR) is 68.1 cm³/mol. The van der Waals surface area contributed by atoms with Gasteiger partial charge in [0.2, 0.25) is 0 Å². The fraction of sp³-hybridized carbons (Fsp3) is 1.00. The van der Waals surface area contributed by atoms with Gasteiger partial charge < -0.3 is 0 Å². The zero-order valence-electron chi connectivity index (χ0n) is 9.66. The molecule has 0 atom stereocenters. The summed E-state index contributed by atoms with van der Waals surface area (Å²) in [5.74, 6) is 0. The number of rotatable bonds is 9. The maximum absolute atomic E-state index is 3.64. The zero-order chi connectivity index (χ0) is 10.3. The molecule has 0 nitrogen and oxygen atoms in total. The average Bonchev–Trinajstić information content (AvgIpc) is 2.98. The van der Waals surface area contributed by atoms with Gasteiger partial charge in [-0.2, -0.15) is 0 Å². The summed E-state index contributed by atoms with van der Waals surface area (Å²) in [5.41, 5.74) is 0.753. The van der Waals surface area contributed by atoms with Crippen molar-refractivity contribution in [3.8, 4) is 0 Å². The summed E-state index contributed by atoms with van der Waals surface area (Å²) in [6, 6.07) is 0. The minimum atomic E-state index is 0.753. The maximum atomic E-state index is 3.64. The van der Waals surface area contributed by atoms with Crippen molar-refractivity contribution >= 4 is 15.9 Å². The zero-order valence-corrected chi connectivity index (χ0v) is 11.2. The summed E-state index contributed by atoms with van der Waals surface area (Å²) in [6.07, 6.45) is 14.6. The number of hydrogen-bond donors (Lipinski definition) is 0. The van der Waals surface area contributed by atoms with Crippen molar-refractivity contribution < 1.29 is 0 Å². The maximum Gasteiger partial charge on any atom is 0.00879 e. The van der Waals surface area contributed by atoms with Gasteiger partial charge in [-0.1, -0.05) is 67.8 Å². The van der Waals surface area contributed by atoms with E-state index in [9.17, 15) is 0 Å². The predicted octanol–water partition coefficient (Wildman–Crippen LogP) is 5.30. The lowest BCUT2D eigenvalue weighted by atomic mass is 9.99. The summed E-state index contributed by atoms with van der Waals surface area (Å²) in [6.45, 7) is 2.28. The molecule has 14 heavy (non-hydrogen) atoms. The lowest BCUT2D eigenvalue weighted by molar-refractivity contribution is 0.476. The first-order valence-electron chi connectivity index (χ1n) is 6.39. The van der Waals surface area contributed by atoms with Crippen LogP contribution in [0.1, 0.15) is 71.1 Å². The van der Waals surface area contributed by atoms with Crippen molar-refractivity contribution in [1.29, 1.82) is 0 Å². The molecule has 0 unspecified atom stereocenters. The van der Waals surface area contributed by atoms with Crippen LogP contribution in [0.15, 0.2) is 0 Å². The molecule has 0 spiro atoms. The molecule has 0 amide bonds. The summed E-state index contributed by atoms with van der Waals surface area (Å²) in [4.78, 5) is 0. The van der Waals surface area contributed by atoms with E-state index in [-0.39, 0.29) is 0 Å². The van der Waals surface area contributed by atoms with Crippen molar-refractivity contribution in [2.75, 3.05) is 5.33 Å². The second-order valence-corrected chi connectivity index (χ2v) is 5.57. The Bertz CT molecular complexity index is 138. The summed E-state index contributed by atoms with van der Waals surface area (Å²) < 4.78 is 0. The molecule has 0 aliphatic heterocycles. The fourth-order valence-corrected chi connectivity index (χ4v) is 2.93. The third-order valence-electron chi connectivity index (χ3n) is 3.55. The molecule has 1 rings (SSSR count). The molecule has 0 aromatic heterocycles. The van der Waals surface area contributed by atoms with Crippen molar-refractivity contribution in [1.82, 2.24) is 0 Å². The Balaban J connectivity index is 1.80. The molecule has 0 saturated heterocycles. The van der Waals surface area contributed by atoms with Crippen LogP contribution in [0.2, 0.25) is 0 Å². The van der Waals surface area contributed by atoms with Gasteiger partial charge in [0.1, 0.15) is 0 Å². The largest absolute Gasteiger partial charge is 0.0922 e. The Morgan fingerprint density at radius 2 is 1.50 bits per heavy atom. The van der Waals surface area contributed by atoms with Crippen LogP contribution in [0.5, 0.6) is 0 Å². The third kappa shape index (κ3) is 4.82. The minimum Gasteiger partial charge on any atom is -0.0922 e. The van der Waals surface area contributed by atoms with Crippen molar-refractivity contribution in [3.05, 3.63) is 0 Å². The molecule has 0 aromatic carbocycles. The number of unbranched alkanes of at least 4 members (excludes halogenated alkanes) is 6. The molecule has 0 N–H and O–H groups in total.